The predicted octanol–water partition coefficient (Wildman–Crippen LogP) is 8.49. The minimum absolute atomic E-state index is 0.133. The van der Waals surface area contributed by atoms with E-state index >= 15 is 0 Å². The molecule has 0 aliphatic heterocycles. The molecule has 4 rings (SSSR count). The van der Waals surface area contributed by atoms with Crippen LogP contribution in [0.5, 0.6) is 0 Å². The van der Waals surface area contributed by atoms with Gasteiger partial charge in [0.25, 0.3) is 5.56 Å². The SMILES string of the molecule is O=c1c(/C=C/c2cccc(F)c2)cn(Cc2cc(C(F)(F)F)cc(C(F)(F)F)c2)c(=O)n1Cc1cc(C(F)(F)F)cc(C(F)(F)F)c1. The Bertz CT molecular complexity index is 1880. The molecule has 0 saturated carbocycles. The highest BCUT2D eigenvalue weighted by molar-refractivity contribution is 5.68. The molecule has 0 unspecified atom stereocenters. The van der Waals surface area contributed by atoms with E-state index in [1.54, 1.807) is 0 Å². The summed E-state index contributed by atoms with van der Waals surface area (Å²) in [5.41, 5.74) is -11.8. The molecule has 0 aliphatic carbocycles. The van der Waals surface area contributed by atoms with Crippen molar-refractivity contribution in [3.8, 4) is 0 Å². The first kappa shape index (κ1) is 35.0. The van der Waals surface area contributed by atoms with Gasteiger partial charge in [-0.15, -0.1) is 0 Å². The molecule has 4 nitrogen and oxygen atoms in total. The fourth-order valence-electron chi connectivity index (χ4n) is 4.44. The van der Waals surface area contributed by atoms with Crippen molar-refractivity contribution >= 4 is 12.2 Å². The van der Waals surface area contributed by atoms with Gasteiger partial charge in [-0.3, -0.25) is 13.9 Å². The Kier molecular flexibility index (Phi) is 9.25. The summed E-state index contributed by atoms with van der Waals surface area (Å²) in [7, 11) is 0. The first-order valence-electron chi connectivity index (χ1n) is 12.9. The van der Waals surface area contributed by atoms with Gasteiger partial charge in [-0.2, -0.15) is 52.7 Å². The Morgan fingerprint density at radius 3 is 1.45 bits per heavy atom. The highest BCUT2D eigenvalue weighted by Gasteiger charge is 2.38. The van der Waals surface area contributed by atoms with Gasteiger partial charge in [0.1, 0.15) is 5.82 Å². The second-order valence-electron chi connectivity index (χ2n) is 10.1. The van der Waals surface area contributed by atoms with Crippen LogP contribution in [-0.2, 0) is 37.8 Å². The Labute approximate surface area is 254 Å². The summed E-state index contributed by atoms with van der Waals surface area (Å²) in [6.45, 7) is -2.27. The standard InChI is InChI=1S/C30H17F13N2O2/c31-24-3-1-2-16(10-24)4-5-19-15-44(13-17-6-20(27(32,33)34)11-21(7-17)28(35,36)37)26(47)45(25(19)46)14-18-8-22(29(38,39)40)12-23(9-18)30(41,42)43/h1-12,15H,13-14H2/b5-4+. The Morgan fingerprint density at radius 1 is 0.574 bits per heavy atom. The molecule has 3 aromatic carbocycles. The quantitative estimate of drug-likeness (QED) is 0.191. The van der Waals surface area contributed by atoms with Crippen LogP contribution < -0.4 is 11.2 Å². The van der Waals surface area contributed by atoms with Gasteiger partial charge < -0.3 is 0 Å². The number of rotatable bonds is 6. The van der Waals surface area contributed by atoms with E-state index in [9.17, 15) is 66.7 Å². The number of hydrogen-bond donors (Lipinski definition) is 0. The van der Waals surface area contributed by atoms with Crippen molar-refractivity contribution in [2.45, 2.75) is 37.8 Å². The van der Waals surface area contributed by atoms with Crippen LogP contribution in [-0.4, -0.2) is 9.13 Å². The predicted molar refractivity (Wildman–Crippen MR) is 141 cm³/mol. The molecule has 0 fully saturated rings. The van der Waals surface area contributed by atoms with E-state index in [2.05, 4.69) is 0 Å². The maximum absolute atomic E-state index is 13.6. The van der Waals surface area contributed by atoms with Crippen molar-refractivity contribution in [1.29, 1.82) is 0 Å². The Hall–Kier alpha value is -4.83. The van der Waals surface area contributed by atoms with Crippen molar-refractivity contribution in [3.63, 3.8) is 0 Å². The minimum atomic E-state index is -5.30. The van der Waals surface area contributed by atoms with Crippen LogP contribution >= 0.6 is 0 Å². The molecular weight excluding hydrogens is 667 g/mol. The van der Waals surface area contributed by atoms with Gasteiger partial charge in [0.15, 0.2) is 0 Å². The number of halogens is 13. The molecule has 250 valence electrons. The molecule has 1 heterocycles. The summed E-state index contributed by atoms with van der Waals surface area (Å²) >= 11 is 0. The van der Waals surface area contributed by atoms with Gasteiger partial charge in [-0.25, -0.2) is 9.18 Å². The molecular formula is C30H17F13N2O2. The normalized spacial score (nSPS) is 13.0. The lowest BCUT2D eigenvalue weighted by Crippen LogP contribution is -2.41. The molecule has 0 amide bonds. The fourth-order valence-corrected chi connectivity index (χ4v) is 4.44. The highest BCUT2D eigenvalue weighted by atomic mass is 19.4. The van der Waals surface area contributed by atoms with Crippen LogP contribution in [0, 0.1) is 5.82 Å². The number of hydrogen-bond acceptors (Lipinski definition) is 2. The smallest absolute Gasteiger partial charge is 0.295 e. The van der Waals surface area contributed by atoms with Crippen LogP contribution in [0.2, 0.25) is 0 Å². The maximum Gasteiger partial charge on any atom is 0.416 e. The molecule has 47 heavy (non-hydrogen) atoms. The summed E-state index contributed by atoms with van der Waals surface area (Å²) in [5, 5.41) is 0. The summed E-state index contributed by atoms with van der Waals surface area (Å²) in [6, 6.07) is 5.38. The number of alkyl halides is 12. The first-order valence-corrected chi connectivity index (χ1v) is 12.9. The van der Waals surface area contributed by atoms with E-state index in [4.69, 9.17) is 0 Å². The lowest BCUT2D eigenvalue weighted by Gasteiger charge is -2.17. The highest BCUT2D eigenvalue weighted by Crippen LogP contribution is 2.38. The molecule has 4 aromatic rings. The topological polar surface area (TPSA) is 44.0 Å². The molecule has 0 saturated heterocycles. The van der Waals surface area contributed by atoms with Crippen molar-refractivity contribution in [3.05, 3.63) is 138 Å². The zero-order chi connectivity index (χ0) is 35.1. The van der Waals surface area contributed by atoms with Crippen LogP contribution in [0.15, 0.2) is 76.4 Å². The number of nitrogens with zero attached hydrogens (tertiary/aromatic N) is 2. The lowest BCUT2D eigenvalue weighted by atomic mass is 10.0. The van der Waals surface area contributed by atoms with E-state index in [0.29, 0.717) is 16.7 Å². The average Bonchev–Trinajstić information content (AvgIpc) is 2.94. The third-order valence-electron chi connectivity index (χ3n) is 6.56. The van der Waals surface area contributed by atoms with Gasteiger partial charge in [-0.1, -0.05) is 18.2 Å². The van der Waals surface area contributed by atoms with Crippen LogP contribution in [0.25, 0.3) is 12.2 Å². The van der Waals surface area contributed by atoms with E-state index in [1.807, 2.05) is 0 Å². The third-order valence-corrected chi connectivity index (χ3v) is 6.56. The van der Waals surface area contributed by atoms with E-state index in [1.165, 1.54) is 12.1 Å². The summed E-state index contributed by atoms with van der Waals surface area (Å²) in [4.78, 5) is 26.7. The minimum Gasteiger partial charge on any atom is -0.295 e. The van der Waals surface area contributed by atoms with Crippen molar-refractivity contribution in [2.24, 2.45) is 0 Å². The van der Waals surface area contributed by atoms with Crippen LogP contribution in [0.1, 0.15) is 44.5 Å². The maximum atomic E-state index is 13.6. The van der Waals surface area contributed by atoms with Crippen molar-refractivity contribution in [2.75, 3.05) is 0 Å². The Morgan fingerprint density at radius 2 is 1.02 bits per heavy atom. The largest absolute Gasteiger partial charge is 0.416 e. The van der Waals surface area contributed by atoms with Gasteiger partial charge in [-0.05, 0) is 71.3 Å². The summed E-state index contributed by atoms with van der Waals surface area (Å²) in [5.74, 6) is -0.718. The van der Waals surface area contributed by atoms with Gasteiger partial charge in [0.2, 0.25) is 0 Å². The van der Waals surface area contributed by atoms with E-state index in [-0.39, 0.29) is 34.4 Å². The monoisotopic (exact) mass is 684 g/mol. The molecule has 0 bridgehead atoms. The lowest BCUT2D eigenvalue weighted by molar-refractivity contribution is -0.144. The summed E-state index contributed by atoms with van der Waals surface area (Å²) in [6.07, 6.45) is -18.3. The van der Waals surface area contributed by atoms with Gasteiger partial charge >= 0.3 is 30.4 Å². The van der Waals surface area contributed by atoms with Gasteiger partial charge in [0.05, 0.1) is 40.9 Å². The Balaban J connectivity index is 1.93. The van der Waals surface area contributed by atoms with Crippen LogP contribution in [0.3, 0.4) is 0 Å². The molecule has 17 heteroatoms. The molecule has 0 aliphatic rings. The van der Waals surface area contributed by atoms with Crippen molar-refractivity contribution in [1.82, 2.24) is 9.13 Å². The zero-order valence-electron chi connectivity index (χ0n) is 23.0. The molecule has 0 radical (unpaired) electrons. The molecule has 1 aromatic heterocycles. The third kappa shape index (κ3) is 8.51. The fraction of sp³-hybridized carbons (Fsp3) is 0.200. The van der Waals surface area contributed by atoms with E-state index < -0.39 is 93.8 Å². The van der Waals surface area contributed by atoms with Gasteiger partial charge in [0, 0.05) is 6.20 Å². The first-order chi connectivity index (χ1) is 21.5. The molecule has 0 atom stereocenters. The average molecular weight is 684 g/mol. The van der Waals surface area contributed by atoms with E-state index in [0.717, 1.165) is 30.5 Å². The molecule has 0 spiro atoms. The second kappa shape index (κ2) is 12.4. The summed E-state index contributed by atoms with van der Waals surface area (Å²) < 4.78 is 175. The second-order valence-corrected chi connectivity index (χ2v) is 10.1. The molecule has 0 N–H and O–H groups in total. The zero-order valence-corrected chi connectivity index (χ0v) is 23.0. The van der Waals surface area contributed by atoms with Crippen LogP contribution in [0.4, 0.5) is 57.1 Å². The van der Waals surface area contributed by atoms with Crippen molar-refractivity contribution < 1.29 is 57.1 Å². The number of aromatic nitrogens is 2. The number of benzene rings is 3.